The molecule has 2 aromatic carbocycles. The molecule has 0 aliphatic rings. The summed E-state index contributed by atoms with van der Waals surface area (Å²) in [6.07, 6.45) is 5.47. The molecule has 3 heteroatoms. The molecule has 18 heavy (non-hydrogen) atoms. The summed E-state index contributed by atoms with van der Waals surface area (Å²) in [5, 5.41) is 2.05. The first-order valence-electron chi connectivity index (χ1n) is 5.87. The molecule has 3 rings (SSSR count). The molecule has 1 aromatic heterocycles. The van der Waals surface area contributed by atoms with Crippen molar-refractivity contribution in [2.75, 3.05) is 0 Å². The van der Waals surface area contributed by atoms with Crippen LogP contribution >= 0.6 is 0 Å². The van der Waals surface area contributed by atoms with Gasteiger partial charge in [0.15, 0.2) is 0 Å². The third-order valence-electron chi connectivity index (χ3n) is 3.28. The van der Waals surface area contributed by atoms with Crippen LogP contribution in [0.15, 0.2) is 49.1 Å². The number of rotatable bonds is 2. The van der Waals surface area contributed by atoms with Crippen molar-refractivity contribution >= 4 is 10.8 Å². The Morgan fingerprint density at radius 1 is 1.22 bits per heavy atom. The van der Waals surface area contributed by atoms with Gasteiger partial charge < -0.3 is 4.57 Å². The standard InChI is InChI=1S/C15H13FN2/c1-11-13(9-18-7-6-17-10-18)3-2-12-4-5-14(16)8-15(11)12/h2-8,10H,9H2,1H3. The summed E-state index contributed by atoms with van der Waals surface area (Å²) in [5.41, 5.74) is 2.31. The van der Waals surface area contributed by atoms with E-state index in [1.807, 2.05) is 29.8 Å². The number of benzene rings is 2. The lowest BCUT2D eigenvalue weighted by Crippen LogP contribution is -1.99. The minimum Gasteiger partial charge on any atom is -0.333 e. The van der Waals surface area contributed by atoms with Crippen LogP contribution in [0.5, 0.6) is 0 Å². The smallest absolute Gasteiger partial charge is 0.123 e. The molecule has 0 spiro atoms. The van der Waals surface area contributed by atoms with Crippen molar-refractivity contribution in [2.45, 2.75) is 13.5 Å². The highest BCUT2D eigenvalue weighted by Crippen LogP contribution is 2.23. The van der Waals surface area contributed by atoms with Crippen LogP contribution in [0.3, 0.4) is 0 Å². The van der Waals surface area contributed by atoms with Gasteiger partial charge in [-0.3, -0.25) is 0 Å². The van der Waals surface area contributed by atoms with Gasteiger partial charge in [0.25, 0.3) is 0 Å². The summed E-state index contributed by atoms with van der Waals surface area (Å²) >= 11 is 0. The van der Waals surface area contributed by atoms with E-state index in [4.69, 9.17) is 0 Å². The lowest BCUT2D eigenvalue weighted by Gasteiger charge is -2.10. The Morgan fingerprint density at radius 3 is 2.83 bits per heavy atom. The van der Waals surface area contributed by atoms with E-state index < -0.39 is 0 Å². The molecule has 0 amide bonds. The Morgan fingerprint density at radius 2 is 2.06 bits per heavy atom. The van der Waals surface area contributed by atoms with E-state index in [9.17, 15) is 4.39 Å². The largest absolute Gasteiger partial charge is 0.333 e. The van der Waals surface area contributed by atoms with Crippen molar-refractivity contribution in [2.24, 2.45) is 0 Å². The number of aryl methyl sites for hydroxylation is 1. The summed E-state index contributed by atoms with van der Waals surface area (Å²) < 4.78 is 15.3. The summed E-state index contributed by atoms with van der Waals surface area (Å²) in [7, 11) is 0. The molecule has 0 saturated carbocycles. The minimum absolute atomic E-state index is 0.189. The van der Waals surface area contributed by atoms with E-state index in [2.05, 4.69) is 11.1 Å². The normalized spacial score (nSPS) is 11.0. The molecular formula is C15H13FN2. The Hall–Kier alpha value is -2.16. The molecule has 0 atom stereocenters. The highest BCUT2D eigenvalue weighted by molar-refractivity contribution is 5.86. The van der Waals surface area contributed by atoms with Crippen molar-refractivity contribution in [3.8, 4) is 0 Å². The lowest BCUT2D eigenvalue weighted by atomic mass is 10.00. The highest BCUT2D eigenvalue weighted by Gasteiger charge is 2.05. The van der Waals surface area contributed by atoms with E-state index in [1.165, 1.54) is 11.6 Å². The molecule has 1 heterocycles. The van der Waals surface area contributed by atoms with Crippen molar-refractivity contribution in [3.63, 3.8) is 0 Å². The maximum atomic E-state index is 13.3. The number of halogens is 1. The zero-order chi connectivity index (χ0) is 12.5. The quantitative estimate of drug-likeness (QED) is 0.670. The van der Waals surface area contributed by atoms with Crippen LogP contribution in [0.25, 0.3) is 10.8 Å². The van der Waals surface area contributed by atoms with Crippen LogP contribution in [0.2, 0.25) is 0 Å². The van der Waals surface area contributed by atoms with Crippen LogP contribution in [-0.4, -0.2) is 9.55 Å². The first kappa shape index (κ1) is 11.0. The minimum atomic E-state index is -0.189. The van der Waals surface area contributed by atoms with Gasteiger partial charge in [-0.05, 0) is 41.0 Å². The number of hydrogen-bond acceptors (Lipinski definition) is 1. The van der Waals surface area contributed by atoms with Gasteiger partial charge in [0.2, 0.25) is 0 Å². The summed E-state index contributed by atoms with van der Waals surface area (Å²) in [6, 6.07) is 9.04. The molecule has 0 aliphatic carbocycles. The molecule has 0 radical (unpaired) electrons. The Kier molecular flexibility index (Phi) is 2.59. The molecule has 2 nitrogen and oxygen atoms in total. The monoisotopic (exact) mass is 240 g/mol. The van der Waals surface area contributed by atoms with E-state index in [1.54, 1.807) is 18.6 Å². The molecule has 0 fully saturated rings. The number of fused-ring (bicyclic) bond motifs is 1. The second kappa shape index (κ2) is 4.26. The topological polar surface area (TPSA) is 17.8 Å². The van der Waals surface area contributed by atoms with Crippen LogP contribution in [0, 0.1) is 12.7 Å². The molecule has 0 bridgehead atoms. The maximum Gasteiger partial charge on any atom is 0.123 e. The Bertz CT molecular complexity index is 687. The molecule has 0 N–H and O–H groups in total. The summed E-state index contributed by atoms with van der Waals surface area (Å²) in [4.78, 5) is 4.03. The summed E-state index contributed by atoms with van der Waals surface area (Å²) in [6.45, 7) is 2.80. The Balaban J connectivity index is 2.10. The van der Waals surface area contributed by atoms with Gasteiger partial charge in [0.1, 0.15) is 5.82 Å². The van der Waals surface area contributed by atoms with Gasteiger partial charge in [-0.25, -0.2) is 9.37 Å². The van der Waals surface area contributed by atoms with Crippen molar-refractivity contribution in [3.05, 3.63) is 66.0 Å². The maximum absolute atomic E-state index is 13.3. The van der Waals surface area contributed by atoms with Crippen molar-refractivity contribution in [1.82, 2.24) is 9.55 Å². The van der Waals surface area contributed by atoms with Crippen LogP contribution < -0.4 is 0 Å². The molecule has 3 aromatic rings. The fourth-order valence-electron chi connectivity index (χ4n) is 2.24. The predicted octanol–water partition coefficient (Wildman–Crippen LogP) is 3.53. The van der Waals surface area contributed by atoms with E-state index >= 15 is 0 Å². The molecular weight excluding hydrogens is 227 g/mol. The van der Waals surface area contributed by atoms with Crippen LogP contribution in [-0.2, 0) is 6.54 Å². The second-order valence-corrected chi connectivity index (χ2v) is 4.45. The van der Waals surface area contributed by atoms with Gasteiger partial charge in [-0.15, -0.1) is 0 Å². The van der Waals surface area contributed by atoms with E-state index in [0.717, 1.165) is 22.9 Å². The fraction of sp³-hybridized carbons (Fsp3) is 0.133. The zero-order valence-electron chi connectivity index (χ0n) is 10.1. The Labute approximate surface area is 105 Å². The molecule has 0 unspecified atom stereocenters. The van der Waals surface area contributed by atoms with Crippen molar-refractivity contribution < 1.29 is 4.39 Å². The zero-order valence-corrected chi connectivity index (χ0v) is 10.1. The van der Waals surface area contributed by atoms with Gasteiger partial charge in [-0.2, -0.15) is 0 Å². The van der Waals surface area contributed by atoms with E-state index in [0.29, 0.717) is 0 Å². The molecule has 0 aliphatic heterocycles. The van der Waals surface area contributed by atoms with Gasteiger partial charge in [0, 0.05) is 18.9 Å². The fourth-order valence-corrected chi connectivity index (χ4v) is 2.24. The SMILES string of the molecule is Cc1c(Cn2ccnc2)ccc2ccc(F)cc12. The average molecular weight is 240 g/mol. The number of aromatic nitrogens is 2. The second-order valence-electron chi connectivity index (χ2n) is 4.45. The number of imidazole rings is 1. The van der Waals surface area contributed by atoms with Gasteiger partial charge in [-0.1, -0.05) is 18.2 Å². The van der Waals surface area contributed by atoms with Crippen molar-refractivity contribution in [1.29, 1.82) is 0 Å². The average Bonchev–Trinajstić information content (AvgIpc) is 2.86. The van der Waals surface area contributed by atoms with E-state index in [-0.39, 0.29) is 5.82 Å². The first-order valence-corrected chi connectivity index (χ1v) is 5.87. The summed E-state index contributed by atoms with van der Waals surface area (Å²) in [5.74, 6) is -0.189. The molecule has 90 valence electrons. The number of hydrogen-bond donors (Lipinski definition) is 0. The van der Waals surface area contributed by atoms with Crippen LogP contribution in [0.1, 0.15) is 11.1 Å². The number of nitrogens with zero attached hydrogens (tertiary/aromatic N) is 2. The third kappa shape index (κ3) is 1.88. The van der Waals surface area contributed by atoms with Gasteiger partial charge in [0.05, 0.1) is 6.33 Å². The predicted molar refractivity (Wildman–Crippen MR) is 70.0 cm³/mol. The third-order valence-corrected chi connectivity index (χ3v) is 3.28. The van der Waals surface area contributed by atoms with Crippen LogP contribution in [0.4, 0.5) is 4.39 Å². The van der Waals surface area contributed by atoms with Gasteiger partial charge >= 0.3 is 0 Å². The molecule has 0 saturated heterocycles. The lowest BCUT2D eigenvalue weighted by molar-refractivity contribution is 0.629. The first-order chi connectivity index (χ1) is 8.74. The highest BCUT2D eigenvalue weighted by atomic mass is 19.1.